The molecule has 0 aromatic heterocycles. The average molecular weight is 240 g/mol. The molecule has 1 aromatic carbocycles. The molecule has 3 N–H and O–H groups in total. The van der Waals surface area contributed by atoms with Crippen molar-refractivity contribution in [1.82, 2.24) is 5.32 Å². The minimum atomic E-state index is -3.61. The lowest BCUT2D eigenvalue weighted by Gasteiger charge is -2.24. The van der Waals surface area contributed by atoms with Crippen LogP contribution in [0.3, 0.4) is 0 Å². The van der Waals surface area contributed by atoms with E-state index in [4.69, 9.17) is 5.14 Å². The van der Waals surface area contributed by atoms with Crippen molar-refractivity contribution in [3.63, 3.8) is 0 Å². The second-order valence-corrected chi connectivity index (χ2v) is 5.66. The number of hydrogen-bond acceptors (Lipinski definition) is 3. The summed E-state index contributed by atoms with van der Waals surface area (Å²) in [4.78, 5) is 0.267. The van der Waals surface area contributed by atoms with Gasteiger partial charge in [-0.2, -0.15) is 0 Å². The van der Waals surface area contributed by atoms with Crippen molar-refractivity contribution < 1.29 is 8.42 Å². The van der Waals surface area contributed by atoms with Crippen LogP contribution in [0.2, 0.25) is 0 Å². The van der Waals surface area contributed by atoms with E-state index in [1.54, 1.807) is 12.1 Å². The molecule has 1 fully saturated rings. The number of sulfonamides is 1. The summed E-state index contributed by atoms with van der Waals surface area (Å²) in [5.41, 5.74) is 0.845. The molecule has 0 spiro atoms. The van der Waals surface area contributed by atoms with Crippen LogP contribution in [0.5, 0.6) is 0 Å². The van der Waals surface area contributed by atoms with Crippen molar-refractivity contribution >= 4 is 10.0 Å². The van der Waals surface area contributed by atoms with Gasteiger partial charge in [-0.15, -0.1) is 0 Å². The molecule has 88 valence electrons. The van der Waals surface area contributed by atoms with Crippen LogP contribution in [-0.4, -0.2) is 21.5 Å². The first kappa shape index (κ1) is 11.6. The third-order valence-electron chi connectivity index (χ3n) is 2.96. The summed E-state index contributed by atoms with van der Waals surface area (Å²) in [7, 11) is -3.61. The van der Waals surface area contributed by atoms with Crippen LogP contribution in [0.1, 0.15) is 24.3 Å². The van der Waals surface area contributed by atoms with E-state index in [1.165, 1.54) is 0 Å². The Hall–Kier alpha value is -0.910. The zero-order chi connectivity index (χ0) is 11.6. The molecule has 0 aliphatic carbocycles. The first-order valence-electron chi connectivity index (χ1n) is 5.41. The largest absolute Gasteiger partial charge is 0.316 e. The van der Waals surface area contributed by atoms with Crippen LogP contribution in [-0.2, 0) is 10.0 Å². The van der Waals surface area contributed by atoms with Crippen LogP contribution >= 0.6 is 0 Å². The average Bonchev–Trinajstić information content (AvgIpc) is 2.29. The first-order valence-corrected chi connectivity index (χ1v) is 6.96. The molecule has 5 heteroatoms. The van der Waals surface area contributed by atoms with E-state index >= 15 is 0 Å². The number of nitrogens with two attached hydrogens (primary N) is 1. The molecule has 2 rings (SSSR count). The Morgan fingerprint density at radius 3 is 2.69 bits per heavy atom. The zero-order valence-electron chi connectivity index (χ0n) is 9.02. The van der Waals surface area contributed by atoms with E-state index in [0.29, 0.717) is 0 Å². The number of nitrogens with one attached hydrogen (secondary N) is 1. The van der Waals surface area contributed by atoms with Crippen molar-refractivity contribution in [2.75, 3.05) is 13.1 Å². The minimum absolute atomic E-state index is 0.253. The fourth-order valence-corrected chi connectivity index (χ4v) is 3.03. The topological polar surface area (TPSA) is 72.2 Å². The SMILES string of the molecule is NS(=O)(=O)c1ccccc1C1CCCNC1. The van der Waals surface area contributed by atoms with Crippen molar-refractivity contribution in [3.05, 3.63) is 29.8 Å². The molecular formula is C11H16N2O2S. The van der Waals surface area contributed by atoms with Gasteiger partial charge in [-0.05, 0) is 36.9 Å². The van der Waals surface area contributed by atoms with Gasteiger partial charge < -0.3 is 5.32 Å². The Morgan fingerprint density at radius 1 is 1.31 bits per heavy atom. The zero-order valence-corrected chi connectivity index (χ0v) is 9.83. The molecule has 0 amide bonds. The molecule has 1 saturated heterocycles. The Kier molecular flexibility index (Phi) is 3.28. The molecular weight excluding hydrogens is 224 g/mol. The molecule has 1 heterocycles. The normalized spacial score (nSPS) is 21.9. The van der Waals surface area contributed by atoms with Gasteiger partial charge in [-0.1, -0.05) is 18.2 Å². The highest BCUT2D eigenvalue weighted by atomic mass is 32.2. The van der Waals surface area contributed by atoms with Crippen molar-refractivity contribution in [2.45, 2.75) is 23.7 Å². The Bertz CT molecular complexity index is 465. The molecule has 1 unspecified atom stereocenters. The highest BCUT2D eigenvalue weighted by Crippen LogP contribution is 2.28. The molecule has 1 atom stereocenters. The Morgan fingerprint density at radius 2 is 2.06 bits per heavy atom. The minimum Gasteiger partial charge on any atom is -0.316 e. The number of benzene rings is 1. The van der Waals surface area contributed by atoms with Gasteiger partial charge in [-0.3, -0.25) is 0 Å². The van der Waals surface area contributed by atoms with Crippen molar-refractivity contribution in [3.8, 4) is 0 Å². The van der Waals surface area contributed by atoms with Crippen LogP contribution in [0.15, 0.2) is 29.2 Å². The van der Waals surface area contributed by atoms with E-state index in [2.05, 4.69) is 5.32 Å². The summed E-state index contributed by atoms with van der Waals surface area (Å²) in [6, 6.07) is 7.01. The van der Waals surface area contributed by atoms with E-state index in [0.717, 1.165) is 31.5 Å². The summed E-state index contributed by atoms with van der Waals surface area (Å²) in [5.74, 6) is 0.253. The first-order chi connectivity index (χ1) is 7.59. The molecule has 1 aliphatic heterocycles. The standard InChI is InChI=1S/C11H16N2O2S/c12-16(14,15)11-6-2-1-5-10(11)9-4-3-7-13-8-9/h1-2,5-6,9,13H,3-4,7-8H2,(H2,12,14,15). The lowest BCUT2D eigenvalue weighted by Crippen LogP contribution is -2.29. The molecule has 0 saturated carbocycles. The van der Waals surface area contributed by atoms with E-state index in [9.17, 15) is 8.42 Å². The van der Waals surface area contributed by atoms with Crippen LogP contribution < -0.4 is 10.5 Å². The number of piperidine rings is 1. The summed E-state index contributed by atoms with van der Waals surface area (Å²) in [6.45, 7) is 1.83. The fraction of sp³-hybridized carbons (Fsp3) is 0.455. The predicted octanol–water partition coefficient (Wildman–Crippen LogP) is 0.801. The quantitative estimate of drug-likeness (QED) is 0.803. The third kappa shape index (κ3) is 2.42. The number of primary sulfonamides is 1. The van der Waals surface area contributed by atoms with Gasteiger partial charge in [0.05, 0.1) is 4.90 Å². The molecule has 0 radical (unpaired) electrons. The van der Waals surface area contributed by atoms with Gasteiger partial charge in [0.1, 0.15) is 0 Å². The molecule has 16 heavy (non-hydrogen) atoms. The smallest absolute Gasteiger partial charge is 0.238 e. The lowest BCUT2D eigenvalue weighted by atomic mass is 9.92. The summed E-state index contributed by atoms with van der Waals surface area (Å²) in [6.07, 6.45) is 2.09. The van der Waals surface area contributed by atoms with Gasteiger partial charge in [0, 0.05) is 6.54 Å². The number of rotatable bonds is 2. The molecule has 1 aromatic rings. The highest BCUT2D eigenvalue weighted by molar-refractivity contribution is 7.89. The molecule has 1 aliphatic rings. The summed E-state index contributed by atoms with van der Waals surface area (Å²) >= 11 is 0. The Labute approximate surface area is 95.9 Å². The summed E-state index contributed by atoms with van der Waals surface area (Å²) < 4.78 is 22.9. The maximum atomic E-state index is 11.5. The maximum Gasteiger partial charge on any atom is 0.238 e. The van der Waals surface area contributed by atoms with Gasteiger partial charge in [0.15, 0.2) is 0 Å². The van der Waals surface area contributed by atoms with Gasteiger partial charge in [0.25, 0.3) is 0 Å². The second-order valence-electron chi connectivity index (χ2n) is 4.13. The predicted molar refractivity (Wildman–Crippen MR) is 62.7 cm³/mol. The fourth-order valence-electron chi connectivity index (χ4n) is 2.19. The highest BCUT2D eigenvalue weighted by Gasteiger charge is 2.21. The van der Waals surface area contributed by atoms with Crippen LogP contribution in [0.4, 0.5) is 0 Å². The van der Waals surface area contributed by atoms with Gasteiger partial charge in [0.2, 0.25) is 10.0 Å². The van der Waals surface area contributed by atoms with Gasteiger partial charge >= 0.3 is 0 Å². The van der Waals surface area contributed by atoms with Crippen molar-refractivity contribution in [2.24, 2.45) is 5.14 Å². The Balaban J connectivity index is 2.40. The lowest BCUT2D eigenvalue weighted by molar-refractivity contribution is 0.456. The second kappa shape index (κ2) is 4.53. The van der Waals surface area contributed by atoms with Crippen molar-refractivity contribution in [1.29, 1.82) is 0 Å². The number of hydrogen-bond donors (Lipinski definition) is 2. The third-order valence-corrected chi connectivity index (χ3v) is 3.95. The van der Waals surface area contributed by atoms with Crippen LogP contribution in [0.25, 0.3) is 0 Å². The molecule has 4 nitrogen and oxygen atoms in total. The van der Waals surface area contributed by atoms with E-state index < -0.39 is 10.0 Å². The van der Waals surface area contributed by atoms with Crippen LogP contribution in [0, 0.1) is 0 Å². The summed E-state index contributed by atoms with van der Waals surface area (Å²) in [5, 5.41) is 8.49. The molecule has 0 bridgehead atoms. The van der Waals surface area contributed by atoms with E-state index in [-0.39, 0.29) is 10.8 Å². The van der Waals surface area contributed by atoms with Gasteiger partial charge in [-0.25, -0.2) is 13.6 Å². The monoisotopic (exact) mass is 240 g/mol. The van der Waals surface area contributed by atoms with E-state index in [1.807, 2.05) is 12.1 Å². The maximum absolute atomic E-state index is 11.5.